The number of nitrogens with one attached hydrogen (secondary N) is 3. The number of rotatable bonds is 6. The minimum absolute atomic E-state index is 0.283. The van der Waals surface area contributed by atoms with E-state index < -0.39 is 15.6 Å². The van der Waals surface area contributed by atoms with Crippen LogP contribution in [0.1, 0.15) is 39.8 Å². The van der Waals surface area contributed by atoms with E-state index in [0.717, 1.165) is 18.7 Å². The third-order valence-electron chi connectivity index (χ3n) is 2.21. The van der Waals surface area contributed by atoms with Crippen LogP contribution in [0.3, 0.4) is 0 Å². The SMILES string of the molecule is CCCNCc1cc(S(=O)(=O)NC(C)(C)C)c[nH]1. The van der Waals surface area contributed by atoms with Crippen LogP contribution in [0.5, 0.6) is 0 Å². The molecule has 104 valence electrons. The van der Waals surface area contributed by atoms with Gasteiger partial charge in [0.15, 0.2) is 0 Å². The van der Waals surface area contributed by atoms with Crippen LogP contribution in [0.4, 0.5) is 0 Å². The zero-order chi connectivity index (χ0) is 13.8. The Morgan fingerprint density at radius 3 is 2.56 bits per heavy atom. The Morgan fingerprint density at radius 1 is 1.33 bits per heavy atom. The summed E-state index contributed by atoms with van der Waals surface area (Å²) in [5.41, 5.74) is 0.397. The summed E-state index contributed by atoms with van der Waals surface area (Å²) in [5.74, 6) is 0. The van der Waals surface area contributed by atoms with Crippen LogP contribution < -0.4 is 10.0 Å². The number of H-pyrrole nitrogens is 1. The number of aromatic nitrogens is 1. The minimum Gasteiger partial charge on any atom is -0.363 e. The lowest BCUT2D eigenvalue weighted by Gasteiger charge is -2.19. The summed E-state index contributed by atoms with van der Waals surface area (Å²) >= 11 is 0. The monoisotopic (exact) mass is 273 g/mol. The van der Waals surface area contributed by atoms with Crippen LogP contribution in [0, 0.1) is 0 Å². The lowest BCUT2D eigenvalue weighted by Crippen LogP contribution is -2.40. The van der Waals surface area contributed by atoms with E-state index in [9.17, 15) is 8.42 Å². The van der Waals surface area contributed by atoms with E-state index in [4.69, 9.17) is 0 Å². The summed E-state index contributed by atoms with van der Waals surface area (Å²) in [4.78, 5) is 3.26. The van der Waals surface area contributed by atoms with Crippen molar-refractivity contribution in [3.05, 3.63) is 18.0 Å². The standard InChI is InChI=1S/C12H23N3O2S/c1-5-6-13-8-10-7-11(9-14-10)18(16,17)15-12(2,3)4/h7,9,13-15H,5-6,8H2,1-4H3. The van der Waals surface area contributed by atoms with Gasteiger partial charge in [0.25, 0.3) is 0 Å². The highest BCUT2D eigenvalue weighted by molar-refractivity contribution is 7.89. The van der Waals surface area contributed by atoms with E-state index in [2.05, 4.69) is 21.9 Å². The summed E-state index contributed by atoms with van der Waals surface area (Å²) in [6, 6.07) is 1.66. The highest BCUT2D eigenvalue weighted by Crippen LogP contribution is 2.13. The van der Waals surface area contributed by atoms with Crippen molar-refractivity contribution in [2.75, 3.05) is 6.54 Å². The topological polar surface area (TPSA) is 74.0 Å². The predicted molar refractivity (Wildman–Crippen MR) is 72.9 cm³/mol. The van der Waals surface area contributed by atoms with Crippen molar-refractivity contribution in [2.45, 2.75) is 51.1 Å². The van der Waals surface area contributed by atoms with E-state index >= 15 is 0 Å². The molecule has 0 saturated heterocycles. The second-order valence-corrected chi connectivity index (χ2v) is 7.08. The number of hydrogen-bond donors (Lipinski definition) is 3. The van der Waals surface area contributed by atoms with E-state index in [1.807, 2.05) is 20.8 Å². The predicted octanol–water partition coefficient (Wildman–Crippen LogP) is 1.59. The fourth-order valence-corrected chi connectivity index (χ4v) is 2.97. The van der Waals surface area contributed by atoms with Crippen molar-refractivity contribution in [1.29, 1.82) is 0 Å². The molecule has 18 heavy (non-hydrogen) atoms. The van der Waals surface area contributed by atoms with Gasteiger partial charge in [0.05, 0.1) is 4.90 Å². The molecule has 3 N–H and O–H groups in total. The van der Waals surface area contributed by atoms with Crippen molar-refractivity contribution in [1.82, 2.24) is 15.0 Å². The van der Waals surface area contributed by atoms with Crippen LogP contribution in [-0.4, -0.2) is 25.5 Å². The molecule has 1 heterocycles. The smallest absolute Gasteiger partial charge is 0.242 e. The zero-order valence-corrected chi connectivity index (χ0v) is 12.3. The van der Waals surface area contributed by atoms with Gasteiger partial charge in [0.1, 0.15) is 0 Å². The van der Waals surface area contributed by atoms with E-state index in [1.165, 1.54) is 6.20 Å². The molecule has 0 atom stereocenters. The maximum absolute atomic E-state index is 12.0. The molecule has 5 nitrogen and oxygen atoms in total. The molecule has 0 aliphatic rings. The molecule has 0 saturated carbocycles. The van der Waals surface area contributed by atoms with Gasteiger partial charge in [0.2, 0.25) is 10.0 Å². The van der Waals surface area contributed by atoms with Crippen LogP contribution in [0.15, 0.2) is 17.2 Å². The highest BCUT2D eigenvalue weighted by Gasteiger charge is 2.22. The van der Waals surface area contributed by atoms with Gasteiger partial charge in [-0.2, -0.15) is 0 Å². The van der Waals surface area contributed by atoms with Crippen LogP contribution >= 0.6 is 0 Å². The average molecular weight is 273 g/mol. The summed E-state index contributed by atoms with van der Waals surface area (Å²) in [6.45, 7) is 9.12. The largest absolute Gasteiger partial charge is 0.363 e. The Bertz CT molecular complexity index is 472. The van der Waals surface area contributed by atoms with Gasteiger partial charge in [0, 0.05) is 24.0 Å². The molecule has 0 unspecified atom stereocenters. The first-order valence-electron chi connectivity index (χ1n) is 6.16. The molecule has 1 rings (SSSR count). The summed E-state index contributed by atoms with van der Waals surface area (Å²) in [6.07, 6.45) is 2.58. The van der Waals surface area contributed by atoms with Gasteiger partial charge in [-0.3, -0.25) is 0 Å². The molecule has 0 fully saturated rings. The first kappa shape index (κ1) is 15.2. The fourth-order valence-electron chi connectivity index (χ4n) is 1.54. The molecule has 0 aliphatic heterocycles. The quantitative estimate of drug-likeness (QED) is 0.689. The highest BCUT2D eigenvalue weighted by atomic mass is 32.2. The third kappa shape index (κ3) is 4.80. The first-order chi connectivity index (χ1) is 8.24. The van der Waals surface area contributed by atoms with E-state index in [-0.39, 0.29) is 4.90 Å². The van der Waals surface area contributed by atoms with Gasteiger partial charge < -0.3 is 10.3 Å². The van der Waals surface area contributed by atoms with Gasteiger partial charge in [-0.1, -0.05) is 6.92 Å². The molecule has 0 aromatic carbocycles. The maximum Gasteiger partial charge on any atom is 0.242 e. The van der Waals surface area contributed by atoms with Crippen molar-refractivity contribution in [3.8, 4) is 0 Å². The Balaban J connectivity index is 2.73. The zero-order valence-electron chi connectivity index (χ0n) is 11.5. The van der Waals surface area contributed by atoms with Gasteiger partial charge in [-0.05, 0) is 39.8 Å². The molecule has 1 aromatic heterocycles. The van der Waals surface area contributed by atoms with Gasteiger partial charge >= 0.3 is 0 Å². The Labute approximate surface area is 109 Å². The molecule has 6 heteroatoms. The lowest BCUT2D eigenvalue weighted by atomic mass is 10.1. The summed E-state index contributed by atoms with van der Waals surface area (Å²) in [7, 11) is -3.44. The molecule has 0 amide bonds. The Morgan fingerprint density at radius 2 is 2.00 bits per heavy atom. The second-order valence-electron chi connectivity index (χ2n) is 5.39. The van der Waals surface area contributed by atoms with E-state index in [1.54, 1.807) is 6.07 Å². The van der Waals surface area contributed by atoms with E-state index in [0.29, 0.717) is 6.54 Å². The van der Waals surface area contributed by atoms with Crippen molar-refractivity contribution < 1.29 is 8.42 Å². The Kier molecular flexibility index (Phi) is 4.95. The minimum atomic E-state index is -3.44. The van der Waals surface area contributed by atoms with Gasteiger partial charge in [-0.25, -0.2) is 13.1 Å². The van der Waals surface area contributed by atoms with Crippen molar-refractivity contribution in [3.63, 3.8) is 0 Å². The van der Waals surface area contributed by atoms with Crippen LogP contribution in [0.25, 0.3) is 0 Å². The second kappa shape index (κ2) is 5.86. The van der Waals surface area contributed by atoms with Crippen LogP contribution in [0.2, 0.25) is 0 Å². The van der Waals surface area contributed by atoms with Gasteiger partial charge in [-0.15, -0.1) is 0 Å². The summed E-state index contributed by atoms with van der Waals surface area (Å²) < 4.78 is 26.7. The fraction of sp³-hybridized carbons (Fsp3) is 0.667. The third-order valence-corrected chi connectivity index (χ3v) is 3.95. The molecule has 0 spiro atoms. The number of aromatic amines is 1. The number of sulfonamides is 1. The molecule has 0 radical (unpaired) electrons. The number of hydrogen-bond acceptors (Lipinski definition) is 3. The average Bonchev–Trinajstić information content (AvgIpc) is 2.63. The molecular weight excluding hydrogens is 250 g/mol. The van der Waals surface area contributed by atoms with Crippen molar-refractivity contribution in [2.24, 2.45) is 0 Å². The summed E-state index contributed by atoms with van der Waals surface area (Å²) in [5, 5.41) is 3.22. The Hall–Kier alpha value is -0.850. The lowest BCUT2D eigenvalue weighted by molar-refractivity contribution is 0.491. The van der Waals surface area contributed by atoms with Crippen LogP contribution in [-0.2, 0) is 16.6 Å². The molecular formula is C12H23N3O2S. The normalized spacial score (nSPS) is 12.9. The first-order valence-corrected chi connectivity index (χ1v) is 7.65. The molecule has 0 aliphatic carbocycles. The molecule has 0 bridgehead atoms. The molecule has 1 aromatic rings. The maximum atomic E-state index is 12.0. The van der Waals surface area contributed by atoms with Crippen molar-refractivity contribution >= 4 is 10.0 Å².